The van der Waals surface area contributed by atoms with E-state index in [0.29, 0.717) is 11.1 Å². The molecule has 1 aromatic heterocycles. The van der Waals surface area contributed by atoms with Crippen LogP contribution in [0.15, 0.2) is 30.3 Å². The van der Waals surface area contributed by atoms with E-state index in [1.165, 1.54) is 25.7 Å². The third-order valence-corrected chi connectivity index (χ3v) is 5.37. The van der Waals surface area contributed by atoms with Crippen LogP contribution < -0.4 is 5.32 Å². The van der Waals surface area contributed by atoms with E-state index in [9.17, 15) is 4.79 Å². The minimum Gasteiger partial charge on any atom is -0.350 e. The minimum atomic E-state index is -0.0365. The molecule has 3 nitrogen and oxygen atoms in total. The Balaban J connectivity index is 1.76. The van der Waals surface area contributed by atoms with Crippen LogP contribution in [0.2, 0.25) is 0 Å². The average molecular weight is 314 g/mol. The fourth-order valence-corrected chi connectivity index (χ4v) is 3.86. The van der Waals surface area contributed by atoms with E-state index in [-0.39, 0.29) is 5.91 Å². The summed E-state index contributed by atoms with van der Waals surface area (Å²) >= 11 is 1.58. The zero-order valence-corrected chi connectivity index (χ0v) is 14.0. The fourth-order valence-electron chi connectivity index (χ4n) is 2.94. The van der Waals surface area contributed by atoms with E-state index in [1.54, 1.807) is 11.3 Å². The molecule has 0 spiro atoms. The number of carbonyl (C=O) groups is 1. The number of hydrogen-bond donors (Lipinski definition) is 1. The van der Waals surface area contributed by atoms with Gasteiger partial charge in [0.05, 0.1) is 9.88 Å². The minimum absolute atomic E-state index is 0.0365. The molecule has 0 unspecified atom stereocenters. The van der Waals surface area contributed by atoms with Crippen molar-refractivity contribution < 1.29 is 4.79 Å². The van der Waals surface area contributed by atoms with E-state index in [2.05, 4.69) is 17.2 Å². The molecular formula is C18H22N2OS. The first-order valence-corrected chi connectivity index (χ1v) is 8.76. The average Bonchev–Trinajstić information content (AvgIpc) is 3.18. The van der Waals surface area contributed by atoms with Crippen molar-refractivity contribution in [2.75, 3.05) is 6.54 Å². The molecule has 1 heterocycles. The molecule has 1 saturated carbocycles. The lowest BCUT2D eigenvalue weighted by molar-refractivity contribution is 0.0940. The van der Waals surface area contributed by atoms with Crippen LogP contribution in [0.25, 0.3) is 10.4 Å². The number of thiazole rings is 1. The summed E-state index contributed by atoms with van der Waals surface area (Å²) < 4.78 is 0. The Morgan fingerprint density at radius 3 is 2.68 bits per heavy atom. The predicted octanol–water partition coefficient (Wildman–Crippen LogP) is 4.43. The highest BCUT2D eigenvalue weighted by molar-refractivity contribution is 7.15. The molecule has 0 aliphatic heterocycles. The van der Waals surface area contributed by atoms with Gasteiger partial charge in [-0.2, -0.15) is 0 Å². The maximum Gasteiger partial charge on any atom is 0.271 e. The van der Waals surface area contributed by atoms with E-state index in [4.69, 9.17) is 0 Å². The van der Waals surface area contributed by atoms with Crippen LogP contribution in [0.1, 0.15) is 48.1 Å². The molecule has 2 aromatic rings. The molecule has 1 N–H and O–H groups in total. The number of benzene rings is 1. The maximum absolute atomic E-state index is 12.6. The Kier molecular flexibility index (Phi) is 4.30. The van der Waals surface area contributed by atoms with Crippen LogP contribution in [0.4, 0.5) is 0 Å². The molecule has 0 bridgehead atoms. The number of hydrogen-bond acceptors (Lipinski definition) is 3. The lowest BCUT2D eigenvalue weighted by Gasteiger charge is -2.14. The smallest absolute Gasteiger partial charge is 0.271 e. The number of carbonyl (C=O) groups excluding carboxylic acids is 1. The van der Waals surface area contributed by atoms with Gasteiger partial charge in [0.25, 0.3) is 5.91 Å². The normalized spacial score (nSPS) is 15.5. The molecule has 1 aliphatic rings. The third-order valence-electron chi connectivity index (χ3n) is 4.35. The zero-order chi connectivity index (χ0) is 15.6. The van der Waals surface area contributed by atoms with E-state index in [1.807, 2.05) is 37.3 Å². The predicted molar refractivity (Wildman–Crippen MR) is 91.2 cm³/mol. The van der Waals surface area contributed by atoms with Crippen LogP contribution >= 0.6 is 11.3 Å². The molecule has 22 heavy (non-hydrogen) atoms. The van der Waals surface area contributed by atoms with Crippen LogP contribution in [0.5, 0.6) is 0 Å². The molecule has 0 radical (unpaired) electrons. The Morgan fingerprint density at radius 2 is 2.05 bits per heavy atom. The lowest BCUT2D eigenvalue weighted by atomic mass is 10.0. The van der Waals surface area contributed by atoms with Gasteiger partial charge >= 0.3 is 0 Å². The second-order valence-electron chi connectivity index (χ2n) is 6.21. The number of aromatic nitrogens is 1. The van der Waals surface area contributed by atoms with Gasteiger partial charge in [-0.05, 0) is 37.2 Å². The zero-order valence-electron chi connectivity index (χ0n) is 13.2. The van der Waals surface area contributed by atoms with Gasteiger partial charge < -0.3 is 5.32 Å². The first-order valence-electron chi connectivity index (χ1n) is 7.95. The summed E-state index contributed by atoms with van der Waals surface area (Å²) in [5.74, 6) is -0.0365. The summed E-state index contributed by atoms with van der Waals surface area (Å²) in [6.07, 6.45) is 4.86. The van der Waals surface area contributed by atoms with Crippen LogP contribution in [0, 0.1) is 12.3 Å². The highest BCUT2D eigenvalue weighted by atomic mass is 32.1. The van der Waals surface area contributed by atoms with Crippen LogP contribution in [0.3, 0.4) is 0 Å². The first kappa shape index (κ1) is 15.2. The first-order chi connectivity index (χ1) is 10.6. The number of aryl methyl sites for hydroxylation is 1. The molecule has 1 fully saturated rings. The topological polar surface area (TPSA) is 42.0 Å². The second kappa shape index (κ2) is 6.21. The summed E-state index contributed by atoms with van der Waals surface area (Å²) in [5, 5.41) is 4.04. The second-order valence-corrected chi connectivity index (χ2v) is 7.41. The van der Waals surface area contributed by atoms with Crippen molar-refractivity contribution in [3.05, 3.63) is 41.0 Å². The highest BCUT2D eigenvalue weighted by Crippen LogP contribution is 2.49. The summed E-state index contributed by atoms with van der Waals surface area (Å²) in [6, 6.07) is 10.0. The maximum atomic E-state index is 12.6. The van der Waals surface area contributed by atoms with Gasteiger partial charge in [0, 0.05) is 6.54 Å². The highest BCUT2D eigenvalue weighted by Gasteiger charge is 2.41. The molecule has 1 aromatic carbocycles. The Bertz CT molecular complexity index is 659. The molecule has 0 saturated heterocycles. The van der Waals surface area contributed by atoms with Gasteiger partial charge in [0.1, 0.15) is 5.69 Å². The SMILES string of the molecule is CCCC1(CNC(=O)c2nc(C)sc2-c2ccccc2)CC1. The quantitative estimate of drug-likeness (QED) is 0.857. The van der Waals surface area contributed by atoms with Crippen LogP contribution in [-0.4, -0.2) is 17.4 Å². The Morgan fingerprint density at radius 1 is 1.32 bits per heavy atom. The molecule has 116 valence electrons. The van der Waals surface area contributed by atoms with Crippen molar-refractivity contribution in [2.24, 2.45) is 5.41 Å². The molecule has 1 aliphatic carbocycles. The van der Waals surface area contributed by atoms with Crippen molar-refractivity contribution in [3.8, 4) is 10.4 Å². The third kappa shape index (κ3) is 3.22. The standard InChI is InChI=1S/C18H22N2OS/c1-3-9-18(10-11-18)12-19-17(21)15-16(22-13(2)20-15)14-7-5-4-6-8-14/h4-8H,3,9-12H2,1-2H3,(H,19,21). The van der Waals surface area contributed by atoms with Crippen molar-refractivity contribution in [2.45, 2.75) is 39.5 Å². The van der Waals surface area contributed by atoms with Crippen LogP contribution in [-0.2, 0) is 0 Å². The Labute approximate surface area is 135 Å². The Hall–Kier alpha value is -1.68. The largest absolute Gasteiger partial charge is 0.350 e. The van der Waals surface area contributed by atoms with Gasteiger partial charge in [0.15, 0.2) is 0 Å². The van der Waals surface area contributed by atoms with E-state index >= 15 is 0 Å². The molecule has 3 rings (SSSR count). The molecular weight excluding hydrogens is 292 g/mol. The molecule has 4 heteroatoms. The van der Waals surface area contributed by atoms with Gasteiger partial charge in [-0.1, -0.05) is 43.7 Å². The van der Waals surface area contributed by atoms with Gasteiger partial charge in [-0.15, -0.1) is 11.3 Å². The van der Waals surface area contributed by atoms with Gasteiger partial charge in [-0.25, -0.2) is 4.98 Å². The summed E-state index contributed by atoms with van der Waals surface area (Å²) in [4.78, 5) is 18.0. The van der Waals surface area contributed by atoms with Crippen molar-refractivity contribution >= 4 is 17.2 Å². The molecule has 1 amide bonds. The fraction of sp³-hybridized carbons (Fsp3) is 0.444. The number of amides is 1. The van der Waals surface area contributed by atoms with Crippen molar-refractivity contribution in [3.63, 3.8) is 0 Å². The lowest BCUT2D eigenvalue weighted by Crippen LogP contribution is -2.30. The molecule has 0 atom stereocenters. The van der Waals surface area contributed by atoms with Gasteiger partial charge in [-0.3, -0.25) is 4.79 Å². The van der Waals surface area contributed by atoms with Gasteiger partial charge in [0.2, 0.25) is 0 Å². The number of nitrogens with one attached hydrogen (secondary N) is 1. The van der Waals surface area contributed by atoms with E-state index < -0.39 is 0 Å². The number of nitrogens with zero attached hydrogens (tertiary/aromatic N) is 1. The summed E-state index contributed by atoms with van der Waals surface area (Å²) in [6.45, 7) is 4.94. The number of rotatable bonds is 6. The van der Waals surface area contributed by atoms with Crippen molar-refractivity contribution in [1.29, 1.82) is 0 Å². The van der Waals surface area contributed by atoms with Crippen molar-refractivity contribution in [1.82, 2.24) is 10.3 Å². The van der Waals surface area contributed by atoms with E-state index in [0.717, 1.165) is 22.0 Å². The summed E-state index contributed by atoms with van der Waals surface area (Å²) in [7, 11) is 0. The monoisotopic (exact) mass is 314 g/mol. The summed E-state index contributed by atoms with van der Waals surface area (Å²) in [5.41, 5.74) is 2.00.